The lowest BCUT2D eigenvalue weighted by molar-refractivity contribution is -0.148. The van der Waals surface area contributed by atoms with Gasteiger partial charge in [0.25, 0.3) is 15.7 Å². The topological polar surface area (TPSA) is 179 Å². The third-order valence-corrected chi connectivity index (χ3v) is 14.4. The number of rotatable bonds is 12. The summed E-state index contributed by atoms with van der Waals surface area (Å²) in [6.07, 6.45) is -2.90. The predicted octanol–water partition coefficient (Wildman–Crippen LogP) is 2.33. The normalized spacial score (nSPS) is 24.6. The fourth-order valence-electron chi connectivity index (χ4n) is 3.85. The second-order valence-corrected chi connectivity index (χ2v) is 19.0. The van der Waals surface area contributed by atoms with Crippen molar-refractivity contribution < 1.29 is 44.9 Å². The zero-order chi connectivity index (χ0) is 30.0. The summed E-state index contributed by atoms with van der Waals surface area (Å²) in [5.41, 5.74) is -1.61. The van der Waals surface area contributed by atoms with Crippen LogP contribution in [0.1, 0.15) is 47.8 Å². The highest BCUT2D eigenvalue weighted by Crippen LogP contribution is 2.69. The van der Waals surface area contributed by atoms with Gasteiger partial charge >= 0.3 is 19.3 Å². The Labute approximate surface area is 229 Å². The number of ether oxygens (including phenoxy) is 2. The maximum absolute atomic E-state index is 14.7. The van der Waals surface area contributed by atoms with Gasteiger partial charge in [-0.05, 0) is 32.0 Å². The van der Waals surface area contributed by atoms with E-state index in [4.69, 9.17) is 27.1 Å². The first-order chi connectivity index (χ1) is 17.7. The van der Waals surface area contributed by atoms with E-state index in [2.05, 4.69) is 4.98 Å². The molecule has 1 aromatic heterocycles. The molecule has 0 unspecified atom stereocenters. The van der Waals surface area contributed by atoms with E-state index in [1.54, 1.807) is 0 Å². The van der Waals surface area contributed by atoms with Gasteiger partial charge in [0, 0.05) is 19.2 Å². The molecule has 1 N–H and O–H groups in total. The van der Waals surface area contributed by atoms with Crippen molar-refractivity contribution in [3.8, 4) is 0 Å². The van der Waals surface area contributed by atoms with Crippen LogP contribution in [0.3, 0.4) is 0 Å². The van der Waals surface area contributed by atoms with Crippen molar-refractivity contribution in [2.45, 2.75) is 83.5 Å². The molecule has 0 saturated carbocycles. The zero-order valence-corrected chi connectivity index (χ0v) is 26.4. The molecular weight excluding hydrogens is 575 g/mol. The Morgan fingerprint density at radius 2 is 1.77 bits per heavy atom. The summed E-state index contributed by atoms with van der Waals surface area (Å²) in [4.78, 5) is 38.6. The number of H-pyrrole nitrogens is 1. The highest BCUT2D eigenvalue weighted by atomic mass is 32.2. The van der Waals surface area contributed by atoms with Crippen LogP contribution in [0.2, 0.25) is 18.1 Å². The van der Waals surface area contributed by atoms with Crippen LogP contribution in [0.5, 0.6) is 0 Å². The van der Waals surface area contributed by atoms with Gasteiger partial charge in [-0.3, -0.25) is 23.7 Å². The van der Waals surface area contributed by atoms with Crippen LogP contribution in [-0.4, -0.2) is 75.9 Å². The van der Waals surface area contributed by atoms with Gasteiger partial charge in [-0.2, -0.15) is 8.42 Å². The Morgan fingerprint density at radius 3 is 2.21 bits per heavy atom. The summed E-state index contributed by atoms with van der Waals surface area (Å²) >= 11 is 0. The average molecular weight is 615 g/mol. The number of esters is 1. The fourth-order valence-corrected chi connectivity index (χ4v) is 8.83. The molecule has 0 bridgehead atoms. The molecule has 2 rings (SSSR count). The van der Waals surface area contributed by atoms with Gasteiger partial charge in [0.2, 0.25) is 5.34 Å². The lowest BCUT2D eigenvalue weighted by atomic mass is 10.1. The molecule has 39 heavy (non-hydrogen) atoms. The number of aromatic amines is 1. The van der Waals surface area contributed by atoms with Crippen molar-refractivity contribution in [3.05, 3.63) is 33.1 Å². The van der Waals surface area contributed by atoms with Gasteiger partial charge in [0.15, 0.2) is 14.5 Å². The number of carbonyl (C=O) groups excluding carboxylic acids is 1. The van der Waals surface area contributed by atoms with E-state index < -0.39 is 78.7 Å². The van der Waals surface area contributed by atoms with Gasteiger partial charge in [-0.1, -0.05) is 20.8 Å². The molecule has 0 aromatic carbocycles. The number of hydrogen-bond acceptors (Lipinski definition) is 12. The highest BCUT2D eigenvalue weighted by Gasteiger charge is 2.73. The summed E-state index contributed by atoms with van der Waals surface area (Å²) in [6.45, 7) is 12.5. The summed E-state index contributed by atoms with van der Waals surface area (Å²) in [5.74, 6) is -0.749. The molecule has 1 aromatic rings. The smallest absolute Gasteiger partial charge is 0.369 e. The van der Waals surface area contributed by atoms with Gasteiger partial charge in [0.05, 0.1) is 19.5 Å². The van der Waals surface area contributed by atoms with Gasteiger partial charge in [-0.25, -0.2) is 8.98 Å². The fraction of sp³-hybridized carbons (Fsp3) is 0.773. The largest absolute Gasteiger partial charge is 0.463 e. The quantitative estimate of drug-likeness (QED) is 0.157. The van der Waals surface area contributed by atoms with Crippen LogP contribution < -0.4 is 11.2 Å². The van der Waals surface area contributed by atoms with Crippen molar-refractivity contribution in [3.63, 3.8) is 0 Å². The maximum Gasteiger partial charge on any atom is 0.369 e. The van der Waals surface area contributed by atoms with Crippen LogP contribution in [0.4, 0.5) is 0 Å². The summed E-state index contributed by atoms with van der Waals surface area (Å²) in [6, 6.07) is 1.05. The molecule has 224 valence electrons. The summed E-state index contributed by atoms with van der Waals surface area (Å²) in [7, 11) is -12.1. The number of hydrogen-bond donors (Lipinski definition) is 1. The van der Waals surface area contributed by atoms with E-state index in [0.717, 1.165) is 30.0 Å². The maximum atomic E-state index is 14.7. The zero-order valence-electron chi connectivity index (χ0n) is 23.7. The summed E-state index contributed by atoms with van der Waals surface area (Å²) in [5, 5.41) is -3.04. The SMILES string of the molecule is CCOP(=O)(OCC)[C@]1(OS(C)(=O)=O)[C@@H](COC(C)=O)O[C@@H](n2ccc(=O)[nH]c2=O)[C@@H]1O[Si](C)(C)C(C)(C)C. The average Bonchev–Trinajstić information content (AvgIpc) is 3.04. The van der Waals surface area contributed by atoms with E-state index in [1.165, 1.54) is 13.8 Å². The van der Waals surface area contributed by atoms with Gasteiger partial charge < -0.3 is 22.9 Å². The van der Waals surface area contributed by atoms with Crippen molar-refractivity contribution in [2.24, 2.45) is 0 Å². The molecule has 14 nitrogen and oxygen atoms in total. The van der Waals surface area contributed by atoms with E-state index in [-0.39, 0.29) is 13.2 Å². The minimum atomic E-state index is -4.70. The first-order valence-corrected chi connectivity index (χ1v) is 18.6. The van der Waals surface area contributed by atoms with Crippen LogP contribution in [0.25, 0.3) is 0 Å². The first kappa shape index (κ1) is 33.6. The molecule has 0 aliphatic carbocycles. The van der Waals surface area contributed by atoms with Crippen LogP contribution >= 0.6 is 7.60 Å². The standard InChI is InChI=1S/C22H39N2O12PSSi/c1-10-32-37(28,33-11-2)22(36-38(7,29)30)16(14-31-15(3)25)34-19(24-13-12-17(26)23-20(24)27)18(22)35-39(8,9)21(4,5)6/h12-13,16,18-19H,10-11,14H2,1-9H3,(H,23,26,27)/t16-,18+,19-,22-/m1/s1. The Hall–Kier alpha value is -1.65. The molecule has 4 atom stereocenters. The molecule has 0 radical (unpaired) electrons. The summed E-state index contributed by atoms with van der Waals surface area (Å²) < 4.78 is 76.1. The van der Waals surface area contributed by atoms with Crippen molar-refractivity contribution in [2.75, 3.05) is 26.1 Å². The molecule has 1 aliphatic rings. The first-order valence-electron chi connectivity index (χ1n) is 12.3. The minimum absolute atomic E-state index is 0.192. The van der Waals surface area contributed by atoms with E-state index in [9.17, 15) is 27.4 Å². The Kier molecular flexibility index (Phi) is 10.4. The Morgan fingerprint density at radius 1 is 1.21 bits per heavy atom. The molecule has 2 heterocycles. The van der Waals surface area contributed by atoms with Crippen LogP contribution in [0, 0.1) is 0 Å². The number of nitrogens with one attached hydrogen (secondary N) is 1. The molecular formula is C22H39N2O12PSSi. The van der Waals surface area contributed by atoms with E-state index in [1.807, 2.05) is 33.9 Å². The molecule has 1 saturated heterocycles. The van der Waals surface area contributed by atoms with Crippen molar-refractivity contribution >= 4 is 32.0 Å². The third kappa shape index (κ3) is 7.17. The lowest BCUT2D eigenvalue weighted by Crippen LogP contribution is -2.58. The second kappa shape index (κ2) is 12.1. The Bertz CT molecular complexity index is 1290. The molecule has 0 spiro atoms. The monoisotopic (exact) mass is 614 g/mol. The third-order valence-electron chi connectivity index (χ3n) is 6.53. The highest BCUT2D eigenvalue weighted by molar-refractivity contribution is 7.86. The van der Waals surface area contributed by atoms with Crippen LogP contribution in [-0.2, 0) is 46.6 Å². The minimum Gasteiger partial charge on any atom is -0.463 e. The predicted molar refractivity (Wildman–Crippen MR) is 143 cm³/mol. The molecule has 1 aliphatic heterocycles. The van der Waals surface area contributed by atoms with Crippen molar-refractivity contribution in [1.82, 2.24) is 9.55 Å². The van der Waals surface area contributed by atoms with E-state index >= 15 is 0 Å². The van der Waals surface area contributed by atoms with Crippen molar-refractivity contribution in [1.29, 1.82) is 0 Å². The van der Waals surface area contributed by atoms with Crippen LogP contribution in [0.15, 0.2) is 21.9 Å². The molecule has 17 heteroatoms. The molecule has 1 fully saturated rings. The number of nitrogens with zero attached hydrogens (tertiary/aromatic N) is 1. The number of carbonyl (C=O) groups is 1. The Balaban J connectivity index is 3.05. The lowest BCUT2D eigenvalue weighted by Gasteiger charge is -2.45. The van der Waals surface area contributed by atoms with E-state index in [0.29, 0.717) is 0 Å². The second-order valence-electron chi connectivity index (χ2n) is 10.5. The van der Waals surface area contributed by atoms with Gasteiger partial charge in [-0.15, -0.1) is 0 Å². The molecule has 0 amide bonds. The van der Waals surface area contributed by atoms with Gasteiger partial charge in [0.1, 0.15) is 18.8 Å². The number of aromatic nitrogens is 2.